The summed E-state index contributed by atoms with van der Waals surface area (Å²) >= 11 is 0. The van der Waals surface area contributed by atoms with E-state index in [1.165, 1.54) is 5.56 Å². The average molecular weight is 217 g/mol. The van der Waals surface area contributed by atoms with Crippen LogP contribution >= 0.6 is 0 Å². The van der Waals surface area contributed by atoms with Crippen LogP contribution in [0.1, 0.15) is 18.9 Å². The molecule has 4 amide bonds. The average Bonchev–Trinajstić information content (AvgIpc) is 2.61. The summed E-state index contributed by atoms with van der Waals surface area (Å²) < 4.78 is 0. The van der Waals surface area contributed by atoms with Crippen LogP contribution in [0.25, 0.3) is 0 Å². The lowest BCUT2D eigenvalue weighted by molar-refractivity contribution is 0.249. The minimum atomic E-state index is -0.631. The molecule has 0 atom stereocenters. The number of rotatable bonds is 3. The molecule has 0 saturated heterocycles. The highest BCUT2D eigenvalue weighted by molar-refractivity contribution is 6.17. The van der Waals surface area contributed by atoms with E-state index >= 15 is 0 Å². The van der Waals surface area contributed by atoms with Crippen LogP contribution in [0.15, 0.2) is 34.5 Å². The predicted octanol–water partition coefficient (Wildman–Crippen LogP) is 3.15. The number of imide groups is 1. The van der Waals surface area contributed by atoms with Gasteiger partial charge in [0, 0.05) is 0 Å². The summed E-state index contributed by atoms with van der Waals surface area (Å²) in [6.45, 7) is 2.10. The Morgan fingerprint density at radius 1 is 1.06 bits per heavy atom. The van der Waals surface area contributed by atoms with E-state index in [0.717, 1.165) is 17.7 Å². The van der Waals surface area contributed by atoms with Gasteiger partial charge in [0.1, 0.15) is 0 Å². The van der Waals surface area contributed by atoms with E-state index < -0.39 is 12.1 Å². The molecule has 1 aromatic rings. The molecule has 0 aromatic heterocycles. The van der Waals surface area contributed by atoms with Gasteiger partial charge in [0.25, 0.3) is 0 Å². The molecule has 2 rings (SSSR count). The zero-order chi connectivity index (χ0) is 11.5. The van der Waals surface area contributed by atoms with Crippen LogP contribution in [-0.4, -0.2) is 12.1 Å². The van der Waals surface area contributed by atoms with Gasteiger partial charge < -0.3 is 0 Å². The first-order valence-electron chi connectivity index (χ1n) is 5.11. The summed E-state index contributed by atoms with van der Waals surface area (Å²) in [4.78, 5) is 23.4. The Hall–Kier alpha value is -2.04. The molecule has 1 aromatic carbocycles. The van der Waals surface area contributed by atoms with Crippen LogP contribution in [0.5, 0.6) is 0 Å². The third-order valence-corrected chi connectivity index (χ3v) is 2.34. The number of nitrogens with zero attached hydrogens (tertiary/aromatic N) is 3. The van der Waals surface area contributed by atoms with Gasteiger partial charge in [0.05, 0.1) is 5.69 Å². The van der Waals surface area contributed by atoms with E-state index in [0.29, 0.717) is 5.69 Å². The first-order valence-corrected chi connectivity index (χ1v) is 5.11. The summed E-state index contributed by atoms with van der Waals surface area (Å²) in [5, 5.41) is 6.39. The van der Waals surface area contributed by atoms with E-state index in [1.807, 2.05) is 12.1 Å². The largest absolute Gasteiger partial charge is 0.375 e. The maximum Gasteiger partial charge on any atom is 0.375 e. The molecule has 1 aliphatic heterocycles. The summed E-state index contributed by atoms with van der Waals surface area (Å²) in [6.07, 6.45) is 2.04. The summed E-state index contributed by atoms with van der Waals surface area (Å²) in [7, 11) is 0. The number of amides is 4. The first-order chi connectivity index (χ1) is 7.72. The van der Waals surface area contributed by atoms with E-state index in [2.05, 4.69) is 17.2 Å². The van der Waals surface area contributed by atoms with Crippen molar-refractivity contribution in [1.29, 1.82) is 0 Å². The van der Waals surface area contributed by atoms with Crippen molar-refractivity contribution < 1.29 is 9.59 Å². The Morgan fingerprint density at radius 3 is 2.12 bits per heavy atom. The third kappa shape index (κ3) is 1.84. The van der Waals surface area contributed by atoms with Crippen molar-refractivity contribution in [2.45, 2.75) is 19.8 Å². The molecule has 1 aliphatic rings. The number of urea groups is 2. The Morgan fingerprint density at radius 2 is 1.62 bits per heavy atom. The molecular weight excluding hydrogens is 206 g/mol. The van der Waals surface area contributed by atoms with Crippen molar-refractivity contribution in [2.24, 2.45) is 10.2 Å². The number of azo groups is 1. The van der Waals surface area contributed by atoms with Gasteiger partial charge in [-0.1, -0.05) is 35.7 Å². The molecule has 0 aliphatic carbocycles. The van der Waals surface area contributed by atoms with Crippen molar-refractivity contribution >= 4 is 17.7 Å². The minimum Gasteiger partial charge on any atom is -0.243 e. The van der Waals surface area contributed by atoms with Crippen LogP contribution in [0.3, 0.4) is 0 Å². The summed E-state index contributed by atoms with van der Waals surface area (Å²) in [6, 6.07) is 6.01. The number of carbonyl (C=O) groups is 2. The predicted molar refractivity (Wildman–Crippen MR) is 58.6 cm³/mol. The SMILES string of the molecule is CCCc1ccc(N2C(=O)N=NC2=O)cc1. The van der Waals surface area contributed by atoms with E-state index in [-0.39, 0.29) is 0 Å². The lowest BCUT2D eigenvalue weighted by Crippen LogP contribution is -2.27. The lowest BCUT2D eigenvalue weighted by Gasteiger charge is -2.10. The summed E-state index contributed by atoms with van der Waals surface area (Å²) in [5.41, 5.74) is 1.69. The quantitative estimate of drug-likeness (QED) is 0.780. The zero-order valence-electron chi connectivity index (χ0n) is 8.88. The Labute approximate surface area is 92.8 Å². The van der Waals surface area contributed by atoms with Crippen LogP contribution in [0.4, 0.5) is 15.3 Å². The standard InChI is InChI=1S/C11H11N3O2/c1-2-3-8-4-6-9(7-5-8)14-10(15)12-13-11(14)16/h4-7H,2-3H2,1H3. The van der Waals surface area contributed by atoms with Crippen LogP contribution < -0.4 is 4.90 Å². The molecule has 0 bridgehead atoms. The summed E-state index contributed by atoms with van der Waals surface area (Å²) in [5.74, 6) is 0. The molecule has 0 spiro atoms. The highest BCUT2D eigenvalue weighted by Crippen LogP contribution is 2.21. The van der Waals surface area contributed by atoms with Gasteiger partial charge in [-0.05, 0) is 24.1 Å². The van der Waals surface area contributed by atoms with Crippen molar-refractivity contribution in [3.05, 3.63) is 29.8 Å². The number of hydrogen-bond donors (Lipinski definition) is 0. The smallest absolute Gasteiger partial charge is 0.243 e. The van der Waals surface area contributed by atoms with E-state index in [1.54, 1.807) is 12.1 Å². The maximum absolute atomic E-state index is 11.2. The van der Waals surface area contributed by atoms with Crippen molar-refractivity contribution in [2.75, 3.05) is 4.90 Å². The highest BCUT2D eigenvalue weighted by Gasteiger charge is 2.28. The normalized spacial score (nSPS) is 14.9. The number of carbonyl (C=O) groups excluding carboxylic acids is 2. The molecule has 0 unspecified atom stereocenters. The van der Waals surface area contributed by atoms with Gasteiger partial charge in [-0.25, -0.2) is 14.5 Å². The van der Waals surface area contributed by atoms with Crippen molar-refractivity contribution in [3.8, 4) is 0 Å². The van der Waals surface area contributed by atoms with E-state index in [4.69, 9.17) is 0 Å². The molecule has 5 heteroatoms. The molecule has 1 heterocycles. The van der Waals surface area contributed by atoms with Gasteiger partial charge >= 0.3 is 12.1 Å². The van der Waals surface area contributed by atoms with Crippen LogP contribution in [-0.2, 0) is 6.42 Å². The van der Waals surface area contributed by atoms with Crippen molar-refractivity contribution in [3.63, 3.8) is 0 Å². The molecule has 0 radical (unpaired) electrons. The Balaban J connectivity index is 2.22. The van der Waals surface area contributed by atoms with E-state index in [9.17, 15) is 9.59 Å². The first kappa shape index (κ1) is 10.5. The molecular formula is C11H11N3O2. The second-order valence-corrected chi connectivity index (χ2v) is 3.52. The highest BCUT2D eigenvalue weighted by atomic mass is 16.2. The molecule has 0 fully saturated rings. The molecule has 82 valence electrons. The molecule has 16 heavy (non-hydrogen) atoms. The second kappa shape index (κ2) is 4.22. The number of benzene rings is 1. The monoisotopic (exact) mass is 217 g/mol. The Bertz CT molecular complexity index is 433. The fourth-order valence-electron chi connectivity index (χ4n) is 1.58. The number of aryl methyl sites for hydroxylation is 1. The van der Waals surface area contributed by atoms with Gasteiger partial charge in [-0.2, -0.15) is 0 Å². The fourth-order valence-corrected chi connectivity index (χ4v) is 1.58. The Kier molecular flexibility index (Phi) is 2.76. The van der Waals surface area contributed by atoms with Gasteiger partial charge in [0.15, 0.2) is 0 Å². The fraction of sp³-hybridized carbons (Fsp3) is 0.273. The molecule has 5 nitrogen and oxygen atoms in total. The molecule has 0 N–H and O–H groups in total. The third-order valence-electron chi connectivity index (χ3n) is 2.34. The van der Waals surface area contributed by atoms with Crippen molar-refractivity contribution in [1.82, 2.24) is 0 Å². The van der Waals surface area contributed by atoms with Gasteiger partial charge in [0.2, 0.25) is 0 Å². The zero-order valence-corrected chi connectivity index (χ0v) is 8.88. The number of anilines is 1. The van der Waals surface area contributed by atoms with Crippen LogP contribution in [0.2, 0.25) is 0 Å². The van der Waals surface area contributed by atoms with Gasteiger partial charge in [-0.3, -0.25) is 0 Å². The van der Waals surface area contributed by atoms with Gasteiger partial charge in [-0.15, -0.1) is 0 Å². The number of hydrogen-bond acceptors (Lipinski definition) is 2. The minimum absolute atomic E-state index is 0.514. The lowest BCUT2D eigenvalue weighted by atomic mass is 10.1. The maximum atomic E-state index is 11.2. The second-order valence-electron chi connectivity index (χ2n) is 3.52. The topological polar surface area (TPSA) is 62.1 Å². The van der Waals surface area contributed by atoms with Crippen LogP contribution in [0, 0.1) is 0 Å². The molecule has 0 saturated carbocycles.